The zero-order chi connectivity index (χ0) is 10.1. The van der Waals surface area contributed by atoms with Gasteiger partial charge in [-0.05, 0) is 0 Å². The normalized spacial score (nSPS) is 11.4. The van der Waals surface area contributed by atoms with Gasteiger partial charge in [0, 0.05) is 0 Å². The average Bonchev–Trinajstić information content (AvgIpc) is 2.44. The fourth-order valence-corrected chi connectivity index (χ4v) is 5.19. The Morgan fingerprint density at radius 1 is 1.29 bits per heavy atom. The summed E-state index contributed by atoms with van der Waals surface area (Å²) < 4.78 is 4.37. The van der Waals surface area contributed by atoms with Crippen molar-refractivity contribution in [1.82, 2.24) is 4.90 Å². The predicted octanol–water partition coefficient (Wildman–Crippen LogP) is 2.72. The summed E-state index contributed by atoms with van der Waals surface area (Å²) in [5.74, 6) is 0. The number of hydrogen-bond donors (Lipinski definition) is 0. The van der Waals surface area contributed by atoms with Crippen molar-refractivity contribution in [2.45, 2.75) is 6.54 Å². The topological polar surface area (TPSA) is 3.24 Å². The summed E-state index contributed by atoms with van der Waals surface area (Å²) in [7, 11) is 4.23. The molecule has 14 heavy (non-hydrogen) atoms. The Labute approximate surface area is 98.6 Å². The third kappa shape index (κ3) is 1.96. The maximum atomic E-state index is 3.70. The number of fused-ring (bicyclic) bond motifs is 1. The van der Waals surface area contributed by atoms with Gasteiger partial charge in [0.2, 0.25) is 0 Å². The minimum atomic E-state index is 0.514. The molecule has 0 radical (unpaired) electrons. The van der Waals surface area contributed by atoms with Crippen LogP contribution in [0.3, 0.4) is 0 Å². The van der Waals surface area contributed by atoms with E-state index in [9.17, 15) is 0 Å². The second-order valence-corrected chi connectivity index (χ2v) is 6.75. The molecule has 0 saturated heterocycles. The Balaban J connectivity index is 2.51. The Morgan fingerprint density at radius 3 is 2.64 bits per heavy atom. The van der Waals surface area contributed by atoms with Crippen LogP contribution in [0, 0.1) is 0 Å². The average molecular weight is 317 g/mol. The number of hydrogen-bond acceptors (Lipinski definition) is 1. The molecule has 0 saturated carbocycles. The van der Waals surface area contributed by atoms with E-state index < -0.39 is 0 Å². The molecule has 0 atom stereocenters. The van der Waals surface area contributed by atoms with Crippen LogP contribution in [-0.4, -0.2) is 33.5 Å². The van der Waals surface area contributed by atoms with Crippen molar-refractivity contribution >= 4 is 40.1 Å². The van der Waals surface area contributed by atoms with E-state index >= 15 is 0 Å². The molecular weight excluding hydrogens is 305 g/mol. The first-order valence-corrected chi connectivity index (χ1v) is 6.99. The Bertz CT molecular complexity index is 447. The molecule has 0 fully saturated rings. The van der Waals surface area contributed by atoms with Crippen LogP contribution in [0.25, 0.3) is 9.65 Å². The summed E-state index contributed by atoms with van der Waals surface area (Å²) in [6.07, 6.45) is 0. The molecule has 74 valence electrons. The second-order valence-electron chi connectivity index (χ2n) is 3.57. The molecule has 0 aliphatic heterocycles. The molecular formula is C11H12BrNSe. The summed E-state index contributed by atoms with van der Waals surface area (Å²) in [5.41, 5.74) is 0. The van der Waals surface area contributed by atoms with Gasteiger partial charge in [-0.1, -0.05) is 0 Å². The molecule has 0 N–H and O–H groups in total. The van der Waals surface area contributed by atoms with Gasteiger partial charge >= 0.3 is 98.8 Å². The van der Waals surface area contributed by atoms with Gasteiger partial charge in [-0.15, -0.1) is 0 Å². The fraction of sp³-hybridized carbons (Fsp3) is 0.273. The van der Waals surface area contributed by atoms with Crippen molar-refractivity contribution in [2.24, 2.45) is 0 Å². The van der Waals surface area contributed by atoms with E-state index in [2.05, 4.69) is 59.2 Å². The van der Waals surface area contributed by atoms with Crippen LogP contribution < -0.4 is 0 Å². The summed E-state index contributed by atoms with van der Waals surface area (Å²) in [4.78, 5) is 2.23. The van der Waals surface area contributed by atoms with Crippen LogP contribution in [0.4, 0.5) is 0 Å². The van der Waals surface area contributed by atoms with E-state index in [-0.39, 0.29) is 0 Å². The molecule has 0 amide bonds. The Hall–Kier alpha value is -0.0805. The van der Waals surface area contributed by atoms with Crippen molar-refractivity contribution in [2.75, 3.05) is 14.1 Å². The quantitative estimate of drug-likeness (QED) is 0.770. The number of nitrogens with zero attached hydrogens (tertiary/aromatic N) is 1. The Morgan fingerprint density at radius 2 is 2.00 bits per heavy atom. The molecule has 0 aliphatic rings. The molecule has 1 nitrogen and oxygen atoms in total. The molecule has 0 spiro atoms. The van der Waals surface area contributed by atoms with Gasteiger partial charge in [0.15, 0.2) is 0 Å². The summed E-state index contributed by atoms with van der Waals surface area (Å²) >= 11 is 4.21. The zero-order valence-electron chi connectivity index (χ0n) is 8.25. The first-order valence-electron chi connectivity index (χ1n) is 4.49. The zero-order valence-corrected chi connectivity index (χ0v) is 11.5. The van der Waals surface area contributed by atoms with E-state index in [1.165, 1.54) is 14.1 Å². The molecule has 1 aromatic carbocycles. The number of rotatable bonds is 2. The van der Waals surface area contributed by atoms with Crippen molar-refractivity contribution in [3.05, 3.63) is 33.2 Å². The first-order chi connectivity index (χ1) is 6.68. The van der Waals surface area contributed by atoms with Crippen LogP contribution in [0.2, 0.25) is 0 Å². The molecule has 3 heteroatoms. The second kappa shape index (κ2) is 4.19. The van der Waals surface area contributed by atoms with Gasteiger partial charge in [0.1, 0.15) is 0 Å². The van der Waals surface area contributed by atoms with E-state index in [1.54, 1.807) is 4.44 Å². The monoisotopic (exact) mass is 317 g/mol. The molecule has 0 bridgehead atoms. The van der Waals surface area contributed by atoms with Gasteiger partial charge in [-0.3, -0.25) is 0 Å². The molecule has 2 rings (SSSR count). The molecule has 1 aromatic heterocycles. The van der Waals surface area contributed by atoms with Gasteiger partial charge < -0.3 is 0 Å². The fourth-order valence-electron chi connectivity index (χ4n) is 1.45. The van der Waals surface area contributed by atoms with E-state index in [0.717, 1.165) is 6.54 Å². The third-order valence-electron chi connectivity index (χ3n) is 2.06. The van der Waals surface area contributed by atoms with Crippen LogP contribution in [0.15, 0.2) is 28.7 Å². The maximum absolute atomic E-state index is 3.70. The summed E-state index contributed by atoms with van der Waals surface area (Å²) in [5, 5.41) is 1.39. The number of benzene rings is 1. The van der Waals surface area contributed by atoms with Crippen LogP contribution >= 0.6 is 15.9 Å². The van der Waals surface area contributed by atoms with Crippen LogP contribution in [0.5, 0.6) is 0 Å². The predicted molar refractivity (Wildman–Crippen MR) is 66.0 cm³/mol. The van der Waals surface area contributed by atoms with Gasteiger partial charge in [0.25, 0.3) is 0 Å². The molecule has 2 aromatic rings. The molecule has 0 unspecified atom stereocenters. The van der Waals surface area contributed by atoms with Crippen molar-refractivity contribution in [1.29, 1.82) is 0 Å². The number of halogens is 1. The van der Waals surface area contributed by atoms with Crippen molar-refractivity contribution in [3.63, 3.8) is 0 Å². The Kier molecular flexibility index (Phi) is 3.13. The van der Waals surface area contributed by atoms with E-state index in [1.807, 2.05) is 0 Å². The van der Waals surface area contributed by atoms with E-state index in [0.29, 0.717) is 14.5 Å². The van der Waals surface area contributed by atoms with Gasteiger partial charge in [-0.25, -0.2) is 0 Å². The van der Waals surface area contributed by atoms with Crippen LogP contribution in [0.1, 0.15) is 4.44 Å². The van der Waals surface area contributed by atoms with Crippen molar-refractivity contribution < 1.29 is 0 Å². The van der Waals surface area contributed by atoms with Crippen LogP contribution in [-0.2, 0) is 6.54 Å². The first kappa shape index (κ1) is 10.4. The SMILES string of the molecule is CN(C)Cc1[se]c2ccccc2c1Br. The van der Waals surface area contributed by atoms with Gasteiger partial charge in [0.05, 0.1) is 0 Å². The summed E-state index contributed by atoms with van der Waals surface area (Å²) in [6.45, 7) is 1.06. The van der Waals surface area contributed by atoms with Gasteiger partial charge in [-0.2, -0.15) is 0 Å². The minimum absolute atomic E-state index is 0.514. The molecule has 1 heterocycles. The van der Waals surface area contributed by atoms with Crippen molar-refractivity contribution in [3.8, 4) is 0 Å². The van der Waals surface area contributed by atoms with E-state index in [4.69, 9.17) is 0 Å². The third-order valence-corrected chi connectivity index (χ3v) is 5.98. The standard InChI is InChI=1S/C11H12BrNSe/c1-13(2)7-10-11(12)8-5-3-4-6-9(8)14-10/h3-6H,7H2,1-2H3. The summed E-state index contributed by atoms with van der Waals surface area (Å²) in [6, 6.07) is 8.66. The molecule has 0 aliphatic carbocycles.